The van der Waals surface area contributed by atoms with Crippen LogP contribution in [-0.2, 0) is 11.4 Å². The summed E-state index contributed by atoms with van der Waals surface area (Å²) in [6, 6.07) is 24.1. The molecule has 1 N–H and O–H groups in total. The lowest BCUT2D eigenvalue weighted by molar-refractivity contribution is -0.112. The second-order valence-electron chi connectivity index (χ2n) is 6.32. The first-order chi connectivity index (χ1) is 14.6. The van der Waals surface area contributed by atoms with Gasteiger partial charge in [0.25, 0.3) is 5.91 Å². The van der Waals surface area contributed by atoms with Crippen LogP contribution in [0.25, 0.3) is 6.08 Å². The summed E-state index contributed by atoms with van der Waals surface area (Å²) in [4.78, 5) is 12.5. The Hall–Kier alpha value is -3.56. The molecule has 0 spiro atoms. The van der Waals surface area contributed by atoms with Crippen LogP contribution in [0.15, 0.2) is 82.8 Å². The van der Waals surface area contributed by atoms with E-state index in [1.54, 1.807) is 37.4 Å². The maximum atomic E-state index is 12.5. The van der Waals surface area contributed by atoms with Gasteiger partial charge in [-0.2, -0.15) is 5.26 Å². The average molecular weight is 463 g/mol. The molecule has 5 nitrogen and oxygen atoms in total. The SMILES string of the molecule is COc1ccc(/C=C(/C#N)C(=O)Nc2ccc(Br)cc2)cc1OCc1ccccc1. The molecule has 0 aliphatic rings. The summed E-state index contributed by atoms with van der Waals surface area (Å²) in [5.41, 5.74) is 2.26. The molecule has 3 rings (SSSR count). The number of carbonyl (C=O) groups excluding carboxylic acids is 1. The zero-order valence-corrected chi connectivity index (χ0v) is 17.8. The Morgan fingerprint density at radius 1 is 1.07 bits per heavy atom. The van der Waals surface area contributed by atoms with Gasteiger partial charge >= 0.3 is 0 Å². The summed E-state index contributed by atoms with van der Waals surface area (Å²) < 4.78 is 12.2. The lowest BCUT2D eigenvalue weighted by Gasteiger charge is -2.12. The van der Waals surface area contributed by atoms with Gasteiger partial charge in [-0.15, -0.1) is 0 Å². The first-order valence-electron chi connectivity index (χ1n) is 9.12. The highest BCUT2D eigenvalue weighted by Crippen LogP contribution is 2.30. The number of nitriles is 1. The second-order valence-corrected chi connectivity index (χ2v) is 7.23. The Kier molecular flexibility index (Phi) is 7.25. The molecule has 0 aliphatic carbocycles. The Morgan fingerprint density at radius 3 is 2.47 bits per heavy atom. The number of carbonyl (C=O) groups is 1. The number of ether oxygens (including phenoxy) is 2. The summed E-state index contributed by atoms with van der Waals surface area (Å²) in [6.07, 6.45) is 1.52. The summed E-state index contributed by atoms with van der Waals surface area (Å²) in [5.74, 6) is 0.615. The third-order valence-electron chi connectivity index (χ3n) is 4.20. The molecule has 3 aromatic rings. The summed E-state index contributed by atoms with van der Waals surface area (Å²) in [6.45, 7) is 0.375. The summed E-state index contributed by atoms with van der Waals surface area (Å²) in [5, 5.41) is 12.2. The number of anilines is 1. The van der Waals surface area contributed by atoms with Crippen molar-refractivity contribution >= 4 is 33.6 Å². The van der Waals surface area contributed by atoms with Crippen molar-refractivity contribution in [1.82, 2.24) is 0 Å². The highest BCUT2D eigenvalue weighted by atomic mass is 79.9. The standard InChI is InChI=1S/C24H19BrN2O3/c1-29-22-12-7-18(14-23(22)30-16-17-5-3-2-4-6-17)13-19(15-26)24(28)27-21-10-8-20(25)9-11-21/h2-14H,16H2,1H3,(H,27,28)/b19-13-. The fourth-order valence-corrected chi connectivity index (χ4v) is 2.94. The lowest BCUT2D eigenvalue weighted by Crippen LogP contribution is -2.13. The predicted octanol–water partition coefficient (Wildman–Crippen LogP) is 5.58. The molecule has 3 aromatic carbocycles. The number of hydrogen-bond acceptors (Lipinski definition) is 4. The van der Waals surface area contributed by atoms with E-state index in [1.807, 2.05) is 48.5 Å². The van der Waals surface area contributed by atoms with E-state index < -0.39 is 5.91 Å². The molecule has 1 amide bonds. The number of hydrogen-bond donors (Lipinski definition) is 1. The molecule has 0 saturated carbocycles. The van der Waals surface area contributed by atoms with E-state index >= 15 is 0 Å². The van der Waals surface area contributed by atoms with Crippen LogP contribution in [0.2, 0.25) is 0 Å². The number of nitrogens with zero attached hydrogens (tertiary/aromatic N) is 1. The number of nitrogens with one attached hydrogen (secondary N) is 1. The van der Waals surface area contributed by atoms with Crippen molar-refractivity contribution in [2.24, 2.45) is 0 Å². The Balaban J connectivity index is 1.78. The third kappa shape index (κ3) is 5.72. The van der Waals surface area contributed by atoms with E-state index in [2.05, 4.69) is 21.2 Å². The Bertz CT molecular complexity index is 1090. The topological polar surface area (TPSA) is 71.3 Å². The highest BCUT2D eigenvalue weighted by molar-refractivity contribution is 9.10. The van der Waals surface area contributed by atoms with Crippen LogP contribution in [0.4, 0.5) is 5.69 Å². The van der Waals surface area contributed by atoms with E-state index in [-0.39, 0.29) is 5.57 Å². The van der Waals surface area contributed by atoms with Crippen molar-refractivity contribution in [3.8, 4) is 17.6 Å². The molecule has 0 heterocycles. The van der Waals surface area contributed by atoms with Gasteiger partial charge in [-0.05, 0) is 53.6 Å². The number of benzene rings is 3. The first kappa shape index (κ1) is 21.2. The molecule has 0 aliphatic heterocycles. The van der Waals surface area contributed by atoms with Crippen LogP contribution < -0.4 is 14.8 Å². The maximum absolute atomic E-state index is 12.5. The zero-order valence-electron chi connectivity index (χ0n) is 16.3. The van der Waals surface area contributed by atoms with Gasteiger partial charge < -0.3 is 14.8 Å². The van der Waals surface area contributed by atoms with Gasteiger partial charge in [-0.1, -0.05) is 52.3 Å². The number of amides is 1. The molecule has 30 heavy (non-hydrogen) atoms. The zero-order chi connectivity index (χ0) is 21.3. The molecule has 150 valence electrons. The summed E-state index contributed by atoms with van der Waals surface area (Å²) >= 11 is 3.35. The van der Waals surface area contributed by atoms with E-state index in [9.17, 15) is 10.1 Å². The molecule has 0 atom stereocenters. The molecule has 0 aromatic heterocycles. The fourth-order valence-electron chi connectivity index (χ4n) is 2.68. The average Bonchev–Trinajstić information content (AvgIpc) is 2.78. The van der Waals surface area contributed by atoms with Gasteiger partial charge in [-0.3, -0.25) is 4.79 Å². The van der Waals surface area contributed by atoms with Gasteiger partial charge in [0, 0.05) is 10.2 Å². The molecule has 0 fully saturated rings. The molecule has 6 heteroatoms. The number of methoxy groups -OCH3 is 1. The highest BCUT2D eigenvalue weighted by Gasteiger charge is 2.11. The Labute approximate surface area is 183 Å². The van der Waals surface area contributed by atoms with Crippen LogP contribution in [0.1, 0.15) is 11.1 Å². The van der Waals surface area contributed by atoms with Crippen molar-refractivity contribution in [2.75, 3.05) is 12.4 Å². The molecular weight excluding hydrogens is 444 g/mol. The van der Waals surface area contributed by atoms with Crippen LogP contribution in [0, 0.1) is 11.3 Å². The van der Waals surface area contributed by atoms with Gasteiger partial charge in [-0.25, -0.2) is 0 Å². The smallest absolute Gasteiger partial charge is 0.266 e. The maximum Gasteiger partial charge on any atom is 0.266 e. The van der Waals surface area contributed by atoms with E-state index in [4.69, 9.17) is 9.47 Å². The molecule has 0 saturated heterocycles. The lowest BCUT2D eigenvalue weighted by atomic mass is 10.1. The van der Waals surface area contributed by atoms with Crippen molar-refractivity contribution in [3.63, 3.8) is 0 Å². The van der Waals surface area contributed by atoms with Crippen LogP contribution in [0.3, 0.4) is 0 Å². The van der Waals surface area contributed by atoms with Gasteiger partial charge in [0.1, 0.15) is 18.2 Å². The van der Waals surface area contributed by atoms with Crippen molar-refractivity contribution in [1.29, 1.82) is 5.26 Å². The predicted molar refractivity (Wildman–Crippen MR) is 120 cm³/mol. The molecule has 0 unspecified atom stereocenters. The first-order valence-corrected chi connectivity index (χ1v) is 9.92. The monoisotopic (exact) mass is 462 g/mol. The van der Waals surface area contributed by atoms with E-state index in [0.717, 1.165) is 10.0 Å². The van der Waals surface area contributed by atoms with Gasteiger partial charge in [0.2, 0.25) is 0 Å². The Morgan fingerprint density at radius 2 is 1.80 bits per heavy atom. The largest absolute Gasteiger partial charge is 0.493 e. The third-order valence-corrected chi connectivity index (χ3v) is 4.73. The van der Waals surface area contributed by atoms with Crippen molar-refractivity contribution in [2.45, 2.75) is 6.61 Å². The van der Waals surface area contributed by atoms with Gasteiger partial charge in [0.15, 0.2) is 11.5 Å². The van der Waals surface area contributed by atoms with Crippen molar-refractivity contribution < 1.29 is 14.3 Å². The van der Waals surface area contributed by atoms with Gasteiger partial charge in [0.05, 0.1) is 7.11 Å². The number of rotatable bonds is 7. The molecule has 0 bridgehead atoms. The minimum atomic E-state index is -0.484. The summed E-state index contributed by atoms with van der Waals surface area (Å²) in [7, 11) is 1.56. The minimum absolute atomic E-state index is 0.0166. The fraction of sp³-hybridized carbons (Fsp3) is 0.0833. The van der Waals surface area contributed by atoms with Crippen molar-refractivity contribution in [3.05, 3.63) is 94.0 Å². The van der Waals surface area contributed by atoms with E-state index in [1.165, 1.54) is 6.08 Å². The van der Waals surface area contributed by atoms with Crippen LogP contribution in [0.5, 0.6) is 11.5 Å². The normalized spacial score (nSPS) is 10.8. The van der Waals surface area contributed by atoms with Crippen LogP contribution >= 0.6 is 15.9 Å². The van der Waals surface area contributed by atoms with Crippen LogP contribution in [-0.4, -0.2) is 13.0 Å². The second kappa shape index (κ2) is 10.3. The molecule has 0 radical (unpaired) electrons. The minimum Gasteiger partial charge on any atom is -0.493 e. The van der Waals surface area contributed by atoms with E-state index in [0.29, 0.717) is 29.4 Å². The number of halogens is 1. The molecular formula is C24H19BrN2O3. The quantitative estimate of drug-likeness (QED) is 0.367.